The Kier molecular flexibility index (Phi) is 10.0. The minimum absolute atomic E-state index is 0.225. The molecule has 1 saturated heterocycles. The number of benzene rings is 2. The number of aliphatic hydroxyl groups excluding tert-OH is 1. The number of aliphatic hydroxyl groups is 1. The molecule has 42 heavy (non-hydrogen) atoms. The molecule has 2 N–H and O–H groups in total. The summed E-state index contributed by atoms with van der Waals surface area (Å²) in [6.45, 7) is 8.17. The van der Waals surface area contributed by atoms with E-state index in [-0.39, 0.29) is 5.91 Å². The number of aryl methyl sites for hydroxylation is 1. The van der Waals surface area contributed by atoms with E-state index in [1.807, 2.05) is 63.4 Å². The average Bonchev–Trinajstić information content (AvgIpc) is 3.60. The van der Waals surface area contributed by atoms with Gasteiger partial charge in [-0.2, -0.15) is 0 Å². The van der Waals surface area contributed by atoms with Crippen LogP contribution in [-0.4, -0.2) is 75.2 Å². The maximum atomic E-state index is 13.5. The summed E-state index contributed by atoms with van der Waals surface area (Å²) in [6.07, 6.45) is 0.168. The molecule has 3 atom stereocenters. The third-order valence-electron chi connectivity index (χ3n) is 7.11. The lowest BCUT2D eigenvalue weighted by Crippen LogP contribution is -2.54. The molecule has 2 heterocycles. The highest BCUT2D eigenvalue weighted by Crippen LogP contribution is 2.26. The van der Waals surface area contributed by atoms with E-state index in [2.05, 4.69) is 10.3 Å². The Morgan fingerprint density at radius 1 is 1.14 bits per heavy atom. The summed E-state index contributed by atoms with van der Waals surface area (Å²) in [5.41, 5.74) is 1.87. The van der Waals surface area contributed by atoms with Crippen molar-refractivity contribution < 1.29 is 24.2 Å². The van der Waals surface area contributed by atoms with E-state index in [9.17, 15) is 19.5 Å². The first-order valence-electron chi connectivity index (χ1n) is 14.2. The number of carbonyl (C=O) groups excluding carboxylic acids is 3. The highest BCUT2D eigenvalue weighted by Gasteiger charge is 2.40. The molecule has 0 radical (unpaired) electrons. The van der Waals surface area contributed by atoms with Crippen LogP contribution in [0.4, 0.5) is 4.79 Å². The quantitative estimate of drug-likeness (QED) is 0.368. The molecule has 1 aromatic heterocycles. The fourth-order valence-corrected chi connectivity index (χ4v) is 5.93. The van der Waals surface area contributed by atoms with Gasteiger partial charge in [0.15, 0.2) is 0 Å². The summed E-state index contributed by atoms with van der Waals surface area (Å²) in [5.74, 6) is -0.637. The molecule has 0 spiro atoms. The molecule has 0 unspecified atom stereocenters. The van der Waals surface area contributed by atoms with Crippen LogP contribution in [0.15, 0.2) is 60.0 Å². The van der Waals surface area contributed by atoms with Crippen LogP contribution in [0, 0.1) is 6.92 Å². The van der Waals surface area contributed by atoms with Crippen LogP contribution in [0.25, 0.3) is 0 Å². The zero-order valence-corrected chi connectivity index (χ0v) is 25.7. The molecule has 9 nitrogen and oxygen atoms in total. The molecule has 2 aromatic carbocycles. The molecule has 1 fully saturated rings. The van der Waals surface area contributed by atoms with E-state index < -0.39 is 35.8 Å². The molecular weight excluding hydrogens is 552 g/mol. The maximum absolute atomic E-state index is 13.5. The molecule has 3 aromatic rings. The summed E-state index contributed by atoms with van der Waals surface area (Å²) in [4.78, 5) is 47.2. The number of likely N-dealkylation sites (tertiary alicyclic amines) is 1. The second-order valence-electron chi connectivity index (χ2n) is 11.8. The van der Waals surface area contributed by atoms with Crippen molar-refractivity contribution >= 4 is 29.2 Å². The topological polar surface area (TPSA) is 112 Å². The third kappa shape index (κ3) is 8.17. The van der Waals surface area contributed by atoms with E-state index >= 15 is 0 Å². The summed E-state index contributed by atoms with van der Waals surface area (Å²) in [6, 6.07) is 14.9. The van der Waals surface area contributed by atoms with Crippen molar-refractivity contribution in [3.05, 3.63) is 87.4 Å². The predicted octanol–water partition coefficient (Wildman–Crippen LogP) is 4.83. The second-order valence-corrected chi connectivity index (χ2v) is 12.7. The number of rotatable bonds is 9. The molecule has 0 aliphatic carbocycles. The van der Waals surface area contributed by atoms with E-state index in [1.54, 1.807) is 41.1 Å². The van der Waals surface area contributed by atoms with Gasteiger partial charge >= 0.3 is 6.09 Å². The largest absolute Gasteiger partial charge is 0.444 e. The first kappa shape index (κ1) is 31.2. The Morgan fingerprint density at radius 3 is 2.52 bits per heavy atom. The second kappa shape index (κ2) is 13.5. The summed E-state index contributed by atoms with van der Waals surface area (Å²) in [7, 11) is 1.70. The number of nitrogens with zero attached hydrogens (tertiary/aromatic N) is 3. The van der Waals surface area contributed by atoms with Crippen LogP contribution in [0.5, 0.6) is 0 Å². The number of hydrogen-bond acceptors (Lipinski definition) is 7. The van der Waals surface area contributed by atoms with Gasteiger partial charge in [0.25, 0.3) is 11.8 Å². The molecule has 1 aliphatic heterocycles. The van der Waals surface area contributed by atoms with Gasteiger partial charge in [-0.05, 0) is 70.7 Å². The van der Waals surface area contributed by atoms with Gasteiger partial charge < -0.3 is 25.0 Å². The number of ether oxygens (including phenoxy) is 1. The first-order chi connectivity index (χ1) is 19.9. The molecule has 1 aliphatic rings. The lowest BCUT2D eigenvalue weighted by molar-refractivity contribution is -0.00161. The number of thiazole rings is 1. The highest BCUT2D eigenvalue weighted by molar-refractivity contribution is 7.09. The number of carbonyl (C=O) groups is 3. The van der Waals surface area contributed by atoms with Crippen molar-refractivity contribution in [2.45, 2.75) is 77.3 Å². The van der Waals surface area contributed by atoms with Crippen molar-refractivity contribution in [1.29, 1.82) is 0 Å². The molecule has 0 saturated carbocycles. The predicted molar refractivity (Wildman–Crippen MR) is 162 cm³/mol. The normalized spacial score (nSPS) is 16.5. The van der Waals surface area contributed by atoms with Gasteiger partial charge in [0.2, 0.25) is 0 Å². The Morgan fingerprint density at radius 2 is 1.86 bits per heavy atom. The van der Waals surface area contributed by atoms with Gasteiger partial charge in [-0.1, -0.05) is 36.4 Å². The molecule has 3 amide bonds. The number of aromatic nitrogens is 1. The van der Waals surface area contributed by atoms with Crippen molar-refractivity contribution in [3.8, 4) is 0 Å². The van der Waals surface area contributed by atoms with Gasteiger partial charge in [-0.3, -0.25) is 9.59 Å². The van der Waals surface area contributed by atoms with Crippen molar-refractivity contribution in [2.24, 2.45) is 0 Å². The number of nitrogens with one attached hydrogen (secondary N) is 1. The molecular formula is C32H40N4O5S. The van der Waals surface area contributed by atoms with Crippen LogP contribution in [-0.2, 0) is 17.7 Å². The van der Waals surface area contributed by atoms with Gasteiger partial charge in [0.05, 0.1) is 24.7 Å². The lowest BCUT2D eigenvalue weighted by Gasteiger charge is -2.35. The van der Waals surface area contributed by atoms with Crippen LogP contribution < -0.4 is 5.32 Å². The summed E-state index contributed by atoms with van der Waals surface area (Å²) in [5, 5.41) is 17.4. The number of hydrogen-bond donors (Lipinski definition) is 2. The smallest absolute Gasteiger partial charge is 0.410 e. The van der Waals surface area contributed by atoms with Gasteiger partial charge in [-0.25, -0.2) is 9.78 Å². The average molecular weight is 593 g/mol. The van der Waals surface area contributed by atoms with Crippen LogP contribution in [0.1, 0.15) is 70.6 Å². The minimum atomic E-state index is -1.04. The van der Waals surface area contributed by atoms with Crippen molar-refractivity contribution in [1.82, 2.24) is 20.1 Å². The summed E-state index contributed by atoms with van der Waals surface area (Å²) < 4.78 is 5.59. The summed E-state index contributed by atoms with van der Waals surface area (Å²) >= 11 is 1.50. The van der Waals surface area contributed by atoms with Gasteiger partial charge in [-0.15, -0.1) is 11.3 Å². The number of amides is 3. The Labute approximate surface area is 251 Å². The zero-order chi connectivity index (χ0) is 30.4. The lowest BCUT2D eigenvalue weighted by atomic mass is 9.94. The molecule has 10 heteroatoms. The SMILES string of the molecule is Cc1csc(CN(C)C(=O)c2cccc(C(=O)N[C@@H](Cc3ccccc3)[C@H](O)[C@H]3CCCN3C(=O)OC(C)(C)C)c2)n1. The highest BCUT2D eigenvalue weighted by atomic mass is 32.1. The Bertz CT molecular complexity index is 1390. The van der Waals surface area contributed by atoms with Crippen LogP contribution in [0.3, 0.4) is 0 Å². The fraction of sp³-hybridized carbons (Fsp3) is 0.438. The Balaban J connectivity index is 1.52. The molecule has 0 bridgehead atoms. The van der Waals surface area contributed by atoms with Crippen molar-refractivity contribution in [2.75, 3.05) is 13.6 Å². The molecule has 224 valence electrons. The Hall–Kier alpha value is -3.76. The minimum Gasteiger partial charge on any atom is -0.444 e. The van der Waals surface area contributed by atoms with Gasteiger partial charge in [0, 0.05) is 35.8 Å². The fourth-order valence-electron chi connectivity index (χ4n) is 5.10. The van der Waals surface area contributed by atoms with Crippen molar-refractivity contribution in [3.63, 3.8) is 0 Å². The van der Waals surface area contributed by atoms with E-state index in [1.165, 1.54) is 11.3 Å². The van der Waals surface area contributed by atoms with E-state index in [4.69, 9.17) is 4.74 Å². The first-order valence-corrected chi connectivity index (χ1v) is 15.1. The van der Waals surface area contributed by atoms with Crippen LogP contribution >= 0.6 is 11.3 Å². The third-order valence-corrected chi connectivity index (χ3v) is 8.06. The van der Waals surface area contributed by atoms with Gasteiger partial charge in [0.1, 0.15) is 10.6 Å². The van der Waals surface area contributed by atoms with Crippen LogP contribution in [0.2, 0.25) is 0 Å². The standard InChI is InChI=1S/C32H40N4O5S/c1-21-20-42-27(33-21)19-35(5)30(39)24-14-9-13-23(18-24)29(38)34-25(17-22-11-7-6-8-12-22)28(37)26-15-10-16-36(26)31(40)41-32(2,3)4/h6-9,11-14,18,20,25-26,28,37H,10,15-17,19H2,1-5H3,(H,34,38)/t25-,26+,28-/m0/s1. The monoisotopic (exact) mass is 592 g/mol. The zero-order valence-electron chi connectivity index (χ0n) is 24.9. The maximum Gasteiger partial charge on any atom is 0.410 e. The van der Waals surface area contributed by atoms with E-state index in [0.29, 0.717) is 37.1 Å². The van der Waals surface area contributed by atoms with E-state index in [0.717, 1.165) is 22.7 Å². The molecule has 4 rings (SSSR count).